The van der Waals surface area contributed by atoms with Gasteiger partial charge in [-0.1, -0.05) is 17.7 Å². The van der Waals surface area contributed by atoms with E-state index in [-0.39, 0.29) is 0 Å². The van der Waals surface area contributed by atoms with Gasteiger partial charge >= 0.3 is 0 Å². The third kappa shape index (κ3) is 3.83. The zero-order valence-corrected chi connectivity index (χ0v) is 13.8. The number of likely N-dealkylation sites (tertiary alicyclic amines) is 1. The van der Waals surface area contributed by atoms with E-state index < -0.39 is 0 Å². The largest absolute Gasteiger partial charge is 0.312 e. The minimum absolute atomic E-state index is 0.696. The molecule has 0 radical (unpaired) electrons. The van der Waals surface area contributed by atoms with E-state index in [4.69, 9.17) is 0 Å². The fraction of sp³-hybridized carbons (Fsp3) is 0.667. The Morgan fingerprint density at radius 1 is 1.20 bits per heavy atom. The van der Waals surface area contributed by atoms with Crippen LogP contribution in [0.2, 0.25) is 0 Å². The molecule has 0 bridgehead atoms. The van der Waals surface area contributed by atoms with Gasteiger partial charge in [0, 0.05) is 19.1 Å². The Kier molecular flexibility index (Phi) is 5.22. The second kappa shape index (κ2) is 6.73. The summed E-state index contributed by atoms with van der Waals surface area (Å²) < 4.78 is 0. The molecule has 0 aliphatic carbocycles. The van der Waals surface area contributed by atoms with Gasteiger partial charge in [-0.15, -0.1) is 0 Å². The summed E-state index contributed by atoms with van der Waals surface area (Å²) in [6, 6.07) is 5.28. The van der Waals surface area contributed by atoms with Gasteiger partial charge < -0.3 is 10.2 Å². The van der Waals surface area contributed by atoms with Gasteiger partial charge in [0.1, 0.15) is 0 Å². The van der Waals surface area contributed by atoms with Crippen molar-refractivity contribution in [3.63, 3.8) is 0 Å². The molecular formula is C18H30N2. The Bertz CT molecular complexity index is 428. The Hall–Kier alpha value is -0.860. The molecule has 1 heterocycles. The fourth-order valence-corrected chi connectivity index (χ4v) is 3.39. The number of benzene rings is 1. The average Bonchev–Trinajstić information content (AvgIpc) is 2.81. The summed E-state index contributed by atoms with van der Waals surface area (Å²) in [6.07, 6.45) is 1.34. The zero-order chi connectivity index (χ0) is 14.7. The molecule has 1 N–H and O–H groups in total. The monoisotopic (exact) mass is 274 g/mol. The molecule has 2 heteroatoms. The van der Waals surface area contributed by atoms with Crippen LogP contribution in [-0.4, -0.2) is 30.6 Å². The number of nitrogens with one attached hydrogen (secondary N) is 1. The van der Waals surface area contributed by atoms with E-state index in [2.05, 4.69) is 57.0 Å². The Morgan fingerprint density at radius 3 is 2.40 bits per heavy atom. The van der Waals surface area contributed by atoms with E-state index in [0.29, 0.717) is 6.04 Å². The molecule has 1 atom stereocenters. The molecule has 0 spiro atoms. The predicted molar refractivity (Wildman–Crippen MR) is 87.2 cm³/mol. The zero-order valence-electron chi connectivity index (χ0n) is 13.8. The third-order valence-corrected chi connectivity index (χ3v) is 4.62. The van der Waals surface area contributed by atoms with Crippen molar-refractivity contribution >= 4 is 0 Å². The van der Waals surface area contributed by atoms with E-state index in [1.807, 2.05) is 0 Å². The first-order valence-corrected chi connectivity index (χ1v) is 7.99. The molecule has 1 aliphatic heterocycles. The predicted octanol–water partition coefficient (Wildman–Crippen LogP) is 3.43. The fourth-order valence-electron chi connectivity index (χ4n) is 3.39. The third-order valence-electron chi connectivity index (χ3n) is 4.62. The van der Waals surface area contributed by atoms with Crippen LogP contribution in [0.15, 0.2) is 12.1 Å². The van der Waals surface area contributed by atoms with Gasteiger partial charge in [0.05, 0.1) is 0 Å². The summed E-state index contributed by atoms with van der Waals surface area (Å²) in [5.41, 5.74) is 5.69. The molecular weight excluding hydrogens is 244 g/mol. The number of rotatable bonds is 5. The minimum atomic E-state index is 0.696. The molecule has 2 rings (SSSR count). The second-order valence-corrected chi connectivity index (χ2v) is 6.75. The lowest BCUT2D eigenvalue weighted by atomic mass is 9.99. The topological polar surface area (TPSA) is 15.3 Å². The molecule has 0 aromatic heterocycles. The lowest BCUT2D eigenvalue weighted by Crippen LogP contribution is -2.30. The summed E-state index contributed by atoms with van der Waals surface area (Å²) in [6.45, 7) is 15.9. The highest BCUT2D eigenvalue weighted by atomic mass is 15.2. The quantitative estimate of drug-likeness (QED) is 0.885. The van der Waals surface area contributed by atoms with Gasteiger partial charge in [0.15, 0.2) is 0 Å². The van der Waals surface area contributed by atoms with Gasteiger partial charge in [-0.05, 0) is 76.7 Å². The number of nitrogens with zero attached hydrogens (tertiary/aromatic N) is 1. The van der Waals surface area contributed by atoms with Gasteiger partial charge in [-0.3, -0.25) is 0 Å². The smallest absolute Gasteiger partial charge is 0.0210 e. The van der Waals surface area contributed by atoms with E-state index in [0.717, 1.165) is 19.0 Å². The van der Waals surface area contributed by atoms with E-state index in [1.54, 1.807) is 0 Å². The lowest BCUT2D eigenvalue weighted by molar-refractivity contribution is 0.264. The van der Waals surface area contributed by atoms with Crippen molar-refractivity contribution in [2.45, 2.75) is 53.6 Å². The van der Waals surface area contributed by atoms with Crippen molar-refractivity contribution in [3.05, 3.63) is 34.4 Å². The lowest BCUT2D eigenvalue weighted by Gasteiger charge is -2.20. The second-order valence-electron chi connectivity index (χ2n) is 6.75. The van der Waals surface area contributed by atoms with Crippen molar-refractivity contribution in [1.29, 1.82) is 0 Å². The number of hydrogen-bond donors (Lipinski definition) is 1. The summed E-state index contributed by atoms with van der Waals surface area (Å²) in [5.74, 6) is 0.823. The minimum Gasteiger partial charge on any atom is -0.312 e. The Labute approximate surface area is 124 Å². The van der Waals surface area contributed by atoms with E-state index in [1.165, 1.54) is 41.8 Å². The molecule has 1 saturated heterocycles. The van der Waals surface area contributed by atoms with Crippen LogP contribution in [0.25, 0.3) is 0 Å². The molecule has 0 amide bonds. The van der Waals surface area contributed by atoms with Crippen LogP contribution in [-0.2, 0) is 6.54 Å². The molecule has 2 nitrogen and oxygen atoms in total. The average molecular weight is 274 g/mol. The van der Waals surface area contributed by atoms with E-state index in [9.17, 15) is 0 Å². The van der Waals surface area contributed by atoms with Crippen LogP contribution in [0, 0.1) is 26.7 Å². The Morgan fingerprint density at radius 2 is 1.85 bits per heavy atom. The van der Waals surface area contributed by atoms with Crippen molar-refractivity contribution < 1.29 is 0 Å². The molecule has 1 aromatic rings. The summed E-state index contributed by atoms with van der Waals surface area (Å²) in [7, 11) is 0. The first-order chi connectivity index (χ1) is 9.47. The maximum atomic E-state index is 3.68. The first kappa shape index (κ1) is 15.5. The molecule has 1 unspecified atom stereocenters. The van der Waals surface area contributed by atoms with Gasteiger partial charge in [0.25, 0.3) is 0 Å². The number of aryl methyl sites for hydroxylation is 3. The molecule has 112 valence electrons. The van der Waals surface area contributed by atoms with Crippen molar-refractivity contribution in [1.82, 2.24) is 10.2 Å². The van der Waals surface area contributed by atoms with Crippen LogP contribution >= 0.6 is 0 Å². The first-order valence-electron chi connectivity index (χ1n) is 7.99. The highest BCUT2D eigenvalue weighted by Gasteiger charge is 2.23. The summed E-state index contributed by atoms with van der Waals surface area (Å²) in [5, 5.41) is 3.68. The maximum absolute atomic E-state index is 3.68. The van der Waals surface area contributed by atoms with E-state index >= 15 is 0 Å². The molecule has 1 aromatic carbocycles. The normalized spacial score (nSPS) is 20.0. The maximum Gasteiger partial charge on any atom is 0.0210 e. The van der Waals surface area contributed by atoms with Crippen LogP contribution in [0.3, 0.4) is 0 Å². The van der Waals surface area contributed by atoms with Crippen LogP contribution in [0.1, 0.15) is 42.5 Å². The molecule has 0 saturated carbocycles. The Balaban J connectivity index is 1.82. The molecule has 1 fully saturated rings. The van der Waals surface area contributed by atoms with Crippen molar-refractivity contribution in [3.8, 4) is 0 Å². The molecule has 1 aliphatic rings. The van der Waals surface area contributed by atoms with Gasteiger partial charge in [-0.25, -0.2) is 0 Å². The standard InChI is InChI=1S/C18H30N2/c1-13(2)20-7-6-17(12-20)10-19-11-18-15(4)8-14(3)9-16(18)5/h8-9,13,17,19H,6-7,10-12H2,1-5H3. The SMILES string of the molecule is Cc1cc(C)c(CNCC2CCN(C(C)C)C2)c(C)c1. The summed E-state index contributed by atoms with van der Waals surface area (Å²) >= 11 is 0. The van der Waals surface area contributed by atoms with Crippen molar-refractivity contribution in [2.24, 2.45) is 5.92 Å². The van der Waals surface area contributed by atoms with Crippen LogP contribution in [0.5, 0.6) is 0 Å². The van der Waals surface area contributed by atoms with Crippen LogP contribution < -0.4 is 5.32 Å². The number of hydrogen-bond acceptors (Lipinski definition) is 2. The van der Waals surface area contributed by atoms with Crippen molar-refractivity contribution in [2.75, 3.05) is 19.6 Å². The van der Waals surface area contributed by atoms with Gasteiger partial charge in [0.2, 0.25) is 0 Å². The molecule has 20 heavy (non-hydrogen) atoms. The van der Waals surface area contributed by atoms with Gasteiger partial charge in [-0.2, -0.15) is 0 Å². The summed E-state index contributed by atoms with van der Waals surface area (Å²) in [4.78, 5) is 2.59. The highest BCUT2D eigenvalue weighted by Crippen LogP contribution is 2.19. The van der Waals surface area contributed by atoms with Crippen LogP contribution in [0.4, 0.5) is 0 Å². The highest BCUT2D eigenvalue weighted by molar-refractivity contribution is 5.37.